The Bertz CT molecular complexity index is 882. The molecule has 0 aromatic heterocycles. The van der Waals surface area contributed by atoms with Crippen molar-refractivity contribution in [3.63, 3.8) is 0 Å². The molecular weight excluding hydrogens is 393 g/mol. The monoisotopic (exact) mass is 407 g/mol. The average molecular weight is 408 g/mol. The van der Waals surface area contributed by atoms with Crippen molar-refractivity contribution in [2.24, 2.45) is 0 Å². The molecule has 0 spiro atoms. The standard InChI is InChI=1S/C19H15Cl2NO5/c1-25-11-15(19(23)24)14-5-3-2-4-12(14)10-27-13-8-16(20)18(17(21)9-13)26-7-6-22/h2-5,8-9,11H,7,10H2,1H3,(H,23,24)/b15-11+. The highest BCUT2D eigenvalue weighted by Crippen LogP contribution is 2.37. The quantitative estimate of drug-likeness (QED) is 0.509. The number of nitriles is 1. The van der Waals surface area contributed by atoms with Gasteiger partial charge in [0.2, 0.25) is 0 Å². The minimum atomic E-state index is -1.12. The van der Waals surface area contributed by atoms with Crippen LogP contribution in [0.25, 0.3) is 5.57 Å². The highest BCUT2D eigenvalue weighted by Gasteiger charge is 2.16. The second-order valence-corrected chi connectivity index (χ2v) is 6.00. The second-order valence-electron chi connectivity index (χ2n) is 5.18. The van der Waals surface area contributed by atoms with Gasteiger partial charge in [0.05, 0.1) is 23.4 Å². The minimum Gasteiger partial charge on any atom is -0.503 e. The number of methoxy groups -OCH3 is 1. The number of benzene rings is 2. The van der Waals surface area contributed by atoms with Crippen molar-refractivity contribution in [2.75, 3.05) is 13.7 Å². The molecule has 0 aliphatic heterocycles. The largest absolute Gasteiger partial charge is 0.503 e. The van der Waals surface area contributed by atoms with Gasteiger partial charge in [-0.25, -0.2) is 4.79 Å². The molecule has 0 saturated carbocycles. The lowest BCUT2D eigenvalue weighted by Gasteiger charge is -2.13. The van der Waals surface area contributed by atoms with Gasteiger partial charge < -0.3 is 19.3 Å². The first-order valence-electron chi connectivity index (χ1n) is 7.64. The topological polar surface area (TPSA) is 88.8 Å². The zero-order chi connectivity index (χ0) is 19.8. The molecule has 0 aliphatic rings. The van der Waals surface area contributed by atoms with Gasteiger partial charge in [-0.3, -0.25) is 0 Å². The Balaban J connectivity index is 2.24. The van der Waals surface area contributed by atoms with Gasteiger partial charge in [-0.05, 0) is 11.1 Å². The van der Waals surface area contributed by atoms with E-state index in [1.54, 1.807) is 24.3 Å². The van der Waals surface area contributed by atoms with E-state index in [9.17, 15) is 9.90 Å². The van der Waals surface area contributed by atoms with Crippen LogP contribution in [0, 0.1) is 11.3 Å². The van der Waals surface area contributed by atoms with E-state index >= 15 is 0 Å². The van der Waals surface area contributed by atoms with Crippen molar-refractivity contribution >= 4 is 34.7 Å². The SMILES string of the molecule is CO/C=C(/C(=O)O)c1ccccc1COc1cc(Cl)c(OCC#N)c(Cl)c1. The number of hydrogen-bond acceptors (Lipinski definition) is 5. The van der Waals surface area contributed by atoms with Crippen LogP contribution in [0.15, 0.2) is 42.7 Å². The lowest BCUT2D eigenvalue weighted by molar-refractivity contribution is -0.130. The normalized spacial score (nSPS) is 10.8. The van der Waals surface area contributed by atoms with Crippen molar-refractivity contribution in [2.45, 2.75) is 6.61 Å². The molecule has 8 heteroatoms. The van der Waals surface area contributed by atoms with E-state index in [2.05, 4.69) is 0 Å². The first-order valence-corrected chi connectivity index (χ1v) is 8.39. The molecule has 0 unspecified atom stereocenters. The highest BCUT2D eigenvalue weighted by atomic mass is 35.5. The van der Waals surface area contributed by atoms with Crippen LogP contribution in [-0.2, 0) is 16.1 Å². The zero-order valence-electron chi connectivity index (χ0n) is 14.2. The fraction of sp³-hybridized carbons (Fsp3) is 0.158. The number of ether oxygens (including phenoxy) is 3. The maximum Gasteiger partial charge on any atom is 0.339 e. The van der Waals surface area contributed by atoms with Crippen LogP contribution < -0.4 is 9.47 Å². The Morgan fingerprint density at radius 3 is 2.48 bits per heavy atom. The molecule has 2 rings (SSSR count). The molecule has 1 N–H and O–H groups in total. The summed E-state index contributed by atoms with van der Waals surface area (Å²) in [5.74, 6) is -0.546. The number of aliphatic carboxylic acids is 1. The zero-order valence-corrected chi connectivity index (χ0v) is 15.8. The van der Waals surface area contributed by atoms with Crippen LogP contribution >= 0.6 is 23.2 Å². The van der Waals surface area contributed by atoms with Crippen LogP contribution in [0.2, 0.25) is 10.0 Å². The lowest BCUT2D eigenvalue weighted by Crippen LogP contribution is -2.06. The molecule has 0 bridgehead atoms. The van der Waals surface area contributed by atoms with Crippen molar-refractivity contribution in [1.82, 2.24) is 0 Å². The molecule has 0 heterocycles. The molecule has 2 aromatic carbocycles. The highest BCUT2D eigenvalue weighted by molar-refractivity contribution is 6.37. The molecule has 6 nitrogen and oxygen atoms in total. The van der Waals surface area contributed by atoms with E-state index in [1.165, 1.54) is 19.2 Å². The number of carbonyl (C=O) groups is 1. The van der Waals surface area contributed by atoms with Gasteiger partial charge in [-0.2, -0.15) is 5.26 Å². The number of rotatable bonds is 8. The molecular formula is C19H15Cl2NO5. The number of nitrogens with zero attached hydrogens (tertiary/aromatic N) is 1. The van der Waals surface area contributed by atoms with Crippen LogP contribution in [0.4, 0.5) is 0 Å². The van der Waals surface area contributed by atoms with E-state index < -0.39 is 5.97 Å². The van der Waals surface area contributed by atoms with Gasteiger partial charge in [-0.1, -0.05) is 47.5 Å². The van der Waals surface area contributed by atoms with Crippen LogP contribution in [0.1, 0.15) is 11.1 Å². The predicted octanol–water partition coefficient (Wildman–Crippen LogP) is 4.55. The molecule has 0 saturated heterocycles. The third-order valence-corrected chi connectivity index (χ3v) is 3.98. The Hall–Kier alpha value is -2.88. The smallest absolute Gasteiger partial charge is 0.339 e. The molecule has 0 fully saturated rings. The van der Waals surface area contributed by atoms with Gasteiger partial charge in [0.25, 0.3) is 0 Å². The van der Waals surface area contributed by atoms with Gasteiger partial charge in [0.1, 0.15) is 24.0 Å². The lowest BCUT2D eigenvalue weighted by atomic mass is 10.0. The Morgan fingerprint density at radius 1 is 1.22 bits per heavy atom. The Labute approximate surface area is 166 Å². The third-order valence-electron chi connectivity index (χ3n) is 3.42. The first kappa shape index (κ1) is 20.4. The summed E-state index contributed by atoms with van der Waals surface area (Å²) in [6.07, 6.45) is 1.16. The van der Waals surface area contributed by atoms with Crippen molar-refractivity contribution < 1.29 is 24.1 Å². The van der Waals surface area contributed by atoms with Crippen molar-refractivity contribution in [3.05, 3.63) is 63.8 Å². The summed E-state index contributed by atoms with van der Waals surface area (Å²) in [6, 6.07) is 11.7. The van der Waals surface area contributed by atoms with E-state index in [1.807, 2.05) is 6.07 Å². The minimum absolute atomic E-state index is 0.00742. The Kier molecular flexibility index (Phi) is 7.35. The summed E-state index contributed by atoms with van der Waals surface area (Å²) < 4.78 is 15.7. The van der Waals surface area contributed by atoms with Crippen molar-refractivity contribution in [1.29, 1.82) is 5.26 Å². The molecule has 0 aliphatic carbocycles. The van der Waals surface area contributed by atoms with Crippen LogP contribution in [0.3, 0.4) is 0 Å². The first-order chi connectivity index (χ1) is 13.0. The molecule has 0 atom stereocenters. The summed E-state index contributed by atoms with van der Waals surface area (Å²) in [4.78, 5) is 11.5. The molecule has 2 aromatic rings. The molecule has 0 amide bonds. The maximum atomic E-state index is 11.5. The van der Waals surface area contributed by atoms with E-state index in [0.717, 1.165) is 6.26 Å². The summed E-state index contributed by atoms with van der Waals surface area (Å²) >= 11 is 12.2. The molecule has 140 valence electrons. The maximum absolute atomic E-state index is 11.5. The fourth-order valence-electron chi connectivity index (χ4n) is 2.28. The van der Waals surface area contributed by atoms with E-state index in [-0.39, 0.29) is 34.6 Å². The predicted molar refractivity (Wildman–Crippen MR) is 101 cm³/mol. The van der Waals surface area contributed by atoms with Crippen LogP contribution in [-0.4, -0.2) is 24.8 Å². The van der Waals surface area contributed by atoms with Crippen LogP contribution in [0.5, 0.6) is 11.5 Å². The summed E-state index contributed by atoms with van der Waals surface area (Å²) in [6.45, 7) is -0.105. The number of hydrogen-bond donors (Lipinski definition) is 1. The second kappa shape index (κ2) is 9.72. The fourth-order valence-corrected chi connectivity index (χ4v) is 2.86. The molecule has 0 radical (unpaired) electrons. The average Bonchev–Trinajstić information content (AvgIpc) is 2.64. The summed E-state index contributed by atoms with van der Waals surface area (Å²) in [5.41, 5.74) is 1.12. The molecule has 27 heavy (non-hydrogen) atoms. The number of carboxylic acid groups (broad SMARTS) is 1. The summed E-state index contributed by atoms with van der Waals surface area (Å²) in [7, 11) is 1.38. The van der Waals surface area contributed by atoms with Gasteiger partial charge >= 0.3 is 5.97 Å². The number of halogens is 2. The summed E-state index contributed by atoms with van der Waals surface area (Å²) in [5, 5.41) is 18.4. The van der Waals surface area contributed by atoms with E-state index in [4.69, 9.17) is 42.7 Å². The Morgan fingerprint density at radius 2 is 1.89 bits per heavy atom. The van der Waals surface area contributed by atoms with Gasteiger partial charge in [0.15, 0.2) is 12.4 Å². The van der Waals surface area contributed by atoms with Gasteiger partial charge in [-0.15, -0.1) is 0 Å². The van der Waals surface area contributed by atoms with Crippen molar-refractivity contribution in [3.8, 4) is 17.6 Å². The number of carboxylic acids is 1. The van der Waals surface area contributed by atoms with E-state index in [0.29, 0.717) is 16.9 Å². The van der Waals surface area contributed by atoms with Gasteiger partial charge in [0, 0.05) is 12.1 Å². The third kappa shape index (κ3) is 5.30.